The van der Waals surface area contributed by atoms with E-state index >= 15 is 0 Å². The topological polar surface area (TPSA) is 91.1 Å². The second-order valence-electron chi connectivity index (χ2n) is 7.85. The third-order valence-corrected chi connectivity index (χ3v) is 6.18. The number of hydrogen-bond donors (Lipinski definition) is 1. The maximum absolute atomic E-state index is 13.1. The first-order chi connectivity index (χ1) is 14.6. The molecule has 0 unspecified atom stereocenters. The number of carbonyl (C=O) groups is 1. The van der Waals surface area contributed by atoms with Crippen molar-refractivity contribution in [2.75, 3.05) is 18.5 Å². The minimum atomic E-state index is -0.0405. The molecule has 1 atom stereocenters. The maximum atomic E-state index is 13.1. The lowest BCUT2D eigenvalue weighted by molar-refractivity contribution is -0.183. The van der Waals surface area contributed by atoms with Crippen LogP contribution in [-0.2, 0) is 9.63 Å². The van der Waals surface area contributed by atoms with E-state index in [1.54, 1.807) is 11.1 Å². The number of aromatic nitrogens is 2. The number of benzene rings is 1. The Bertz CT molecular complexity index is 922. The summed E-state index contributed by atoms with van der Waals surface area (Å²) < 4.78 is 0. The van der Waals surface area contributed by atoms with Crippen LogP contribution in [0.25, 0.3) is 0 Å². The lowest BCUT2D eigenvalue weighted by atomic mass is 9.81. The number of nitriles is 1. The number of nitrogens with zero attached hydrogens (tertiary/aromatic N) is 4. The summed E-state index contributed by atoms with van der Waals surface area (Å²) in [7, 11) is 0. The highest BCUT2D eigenvalue weighted by Gasteiger charge is 2.37. The summed E-state index contributed by atoms with van der Waals surface area (Å²) >= 11 is 5.99. The van der Waals surface area contributed by atoms with E-state index in [0.717, 1.165) is 44.2 Å². The van der Waals surface area contributed by atoms with E-state index in [-0.39, 0.29) is 17.9 Å². The van der Waals surface area contributed by atoms with Crippen LogP contribution in [0.1, 0.15) is 49.4 Å². The normalized spacial score (nSPS) is 23.7. The Hall–Kier alpha value is -2.69. The van der Waals surface area contributed by atoms with Gasteiger partial charge >= 0.3 is 0 Å². The molecule has 1 saturated carbocycles. The Kier molecular flexibility index (Phi) is 6.46. The summed E-state index contributed by atoms with van der Waals surface area (Å²) in [5.74, 6) is 1.23. The first-order valence-corrected chi connectivity index (χ1v) is 10.7. The van der Waals surface area contributed by atoms with Crippen LogP contribution in [0.2, 0.25) is 5.02 Å². The fourth-order valence-electron chi connectivity index (χ4n) is 4.23. The number of nitrogens with one attached hydrogen (secondary N) is 1. The van der Waals surface area contributed by atoms with Crippen LogP contribution in [-0.4, -0.2) is 34.1 Å². The third-order valence-electron chi connectivity index (χ3n) is 5.93. The molecule has 156 valence electrons. The van der Waals surface area contributed by atoms with E-state index in [9.17, 15) is 4.79 Å². The molecule has 4 rings (SSSR count). The molecule has 1 aromatic heterocycles. The zero-order valence-electron chi connectivity index (χ0n) is 16.6. The minimum absolute atomic E-state index is 0.00149. The van der Waals surface area contributed by atoms with E-state index in [0.29, 0.717) is 29.1 Å². The number of amides is 1. The van der Waals surface area contributed by atoms with Gasteiger partial charge in [-0.3, -0.25) is 9.63 Å². The lowest BCUT2D eigenvalue weighted by Crippen LogP contribution is -2.37. The van der Waals surface area contributed by atoms with E-state index in [1.807, 2.05) is 30.3 Å². The Labute approximate surface area is 181 Å². The van der Waals surface area contributed by atoms with Crippen molar-refractivity contribution in [1.82, 2.24) is 15.0 Å². The number of hydrogen-bond acceptors (Lipinski definition) is 6. The van der Waals surface area contributed by atoms with Gasteiger partial charge in [-0.2, -0.15) is 5.26 Å². The molecule has 2 heterocycles. The van der Waals surface area contributed by atoms with Crippen molar-refractivity contribution < 1.29 is 9.63 Å². The Morgan fingerprint density at radius 3 is 2.70 bits per heavy atom. The van der Waals surface area contributed by atoms with Crippen LogP contribution in [0, 0.1) is 23.2 Å². The van der Waals surface area contributed by atoms with Crippen LogP contribution in [0.5, 0.6) is 0 Å². The number of anilines is 1. The molecule has 0 spiro atoms. The molecule has 1 amide bonds. The van der Waals surface area contributed by atoms with E-state index in [4.69, 9.17) is 21.7 Å². The molecule has 2 aromatic rings. The predicted molar refractivity (Wildman–Crippen MR) is 112 cm³/mol. The standard InChI is InChI=1S/C22H24ClN5O2/c23-18-7-5-16(6-8-18)20-9-10-30-28(20)22(29)17-3-1-15(2-4-17)13-25-21-11-19(12-24)26-14-27-21/h5-8,11,14-15,17,20H,1-4,9-10,13H2,(H,25,26,27)/t15?,17?,20-/m0/s1. The molecule has 0 bridgehead atoms. The molecule has 7 nitrogen and oxygen atoms in total. The highest BCUT2D eigenvalue weighted by atomic mass is 35.5. The van der Waals surface area contributed by atoms with Crippen molar-refractivity contribution in [3.63, 3.8) is 0 Å². The predicted octanol–water partition coefficient (Wildman–Crippen LogP) is 4.13. The molecular formula is C22H24ClN5O2. The van der Waals surface area contributed by atoms with Gasteiger partial charge in [-0.1, -0.05) is 23.7 Å². The third kappa shape index (κ3) is 4.72. The minimum Gasteiger partial charge on any atom is -0.370 e. The Balaban J connectivity index is 1.29. The van der Waals surface area contributed by atoms with Gasteiger partial charge in [0, 0.05) is 30.0 Å². The monoisotopic (exact) mass is 425 g/mol. The Morgan fingerprint density at radius 2 is 1.97 bits per heavy atom. The molecule has 2 aliphatic rings. The van der Waals surface area contributed by atoms with Gasteiger partial charge < -0.3 is 5.32 Å². The summed E-state index contributed by atoms with van der Waals surface area (Å²) in [6.45, 7) is 1.33. The lowest BCUT2D eigenvalue weighted by Gasteiger charge is -2.32. The largest absolute Gasteiger partial charge is 0.370 e. The van der Waals surface area contributed by atoms with Gasteiger partial charge in [0.05, 0.1) is 12.6 Å². The summed E-state index contributed by atoms with van der Waals surface area (Å²) in [5, 5.41) is 14.5. The molecule has 2 fully saturated rings. The smallest absolute Gasteiger partial charge is 0.249 e. The van der Waals surface area contributed by atoms with Crippen LogP contribution in [0.3, 0.4) is 0 Å². The highest BCUT2D eigenvalue weighted by Crippen LogP contribution is 2.36. The van der Waals surface area contributed by atoms with E-state index in [2.05, 4.69) is 15.3 Å². The van der Waals surface area contributed by atoms with Crippen LogP contribution < -0.4 is 5.32 Å². The van der Waals surface area contributed by atoms with Gasteiger partial charge in [-0.15, -0.1) is 0 Å². The number of hydroxylamine groups is 2. The van der Waals surface area contributed by atoms with Gasteiger partial charge in [0.15, 0.2) is 0 Å². The summed E-state index contributed by atoms with van der Waals surface area (Å²) in [4.78, 5) is 26.9. The zero-order valence-corrected chi connectivity index (χ0v) is 17.4. The SMILES string of the molecule is N#Cc1cc(NCC2CCC(C(=O)N3OCC[C@H]3c3ccc(Cl)cc3)CC2)ncn1. The quantitative estimate of drug-likeness (QED) is 0.774. The molecule has 0 radical (unpaired) electrons. The van der Waals surface area contributed by atoms with Crippen molar-refractivity contribution in [2.45, 2.75) is 38.1 Å². The molecule has 30 heavy (non-hydrogen) atoms. The second-order valence-corrected chi connectivity index (χ2v) is 8.29. The van der Waals surface area contributed by atoms with Crippen molar-refractivity contribution in [1.29, 1.82) is 5.26 Å². The van der Waals surface area contributed by atoms with Crippen molar-refractivity contribution in [3.8, 4) is 6.07 Å². The summed E-state index contributed by atoms with van der Waals surface area (Å²) in [6, 6.07) is 11.3. The highest BCUT2D eigenvalue weighted by molar-refractivity contribution is 6.30. The summed E-state index contributed by atoms with van der Waals surface area (Å²) in [6.07, 6.45) is 5.84. The zero-order chi connectivity index (χ0) is 20.9. The van der Waals surface area contributed by atoms with E-state index in [1.165, 1.54) is 6.33 Å². The average molecular weight is 426 g/mol. The van der Waals surface area contributed by atoms with Crippen LogP contribution in [0.4, 0.5) is 5.82 Å². The average Bonchev–Trinajstić information content (AvgIpc) is 3.28. The van der Waals surface area contributed by atoms with Crippen molar-refractivity contribution in [2.24, 2.45) is 11.8 Å². The van der Waals surface area contributed by atoms with Gasteiger partial charge in [-0.05, 0) is 49.3 Å². The number of rotatable bonds is 5. The molecule has 1 saturated heterocycles. The van der Waals surface area contributed by atoms with Crippen molar-refractivity contribution in [3.05, 3.63) is 52.9 Å². The number of halogens is 1. The summed E-state index contributed by atoms with van der Waals surface area (Å²) in [5.41, 5.74) is 1.41. The van der Waals surface area contributed by atoms with Gasteiger partial charge in [0.25, 0.3) is 0 Å². The maximum Gasteiger partial charge on any atom is 0.249 e. The fourth-order valence-corrected chi connectivity index (χ4v) is 4.36. The van der Waals surface area contributed by atoms with Gasteiger partial charge in [0.2, 0.25) is 5.91 Å². The first kappa shape index (κ1) is 20.6. The molecule has 1 N–H and O–H groups in total. The van der Waals surface area contributed by atoms with Crippen LogP contribution in [0.15, 0.2) is 36.7 Å². The van der Waals surface area contributed by atoms with Crippen LogP contribution >= 0.6 is 11.6 Å². The number of carbonyl (C=O) groups excluding carboxylic acids is 1. The molecule has 1 aromatic carbocycles. The second kappa shape index (κ2) is 9.41. The molecule has 1 aliphatic heterocycles. The Morgan fingerprint density at radius 1 is 1.20 bits per heavy atom. The fraction of sp³-hybridized carbons (Fsp3) is 0.455. The van der Waals surface area contributed by atoms with E-state index < -0.39 is 0 Å². The molecule has 1 aliphatic carbocycles. The molecular weight excluding hydrogens is 402 g/mol. The van der Waals surface area contributed by atoms with Crippen molar-refractivity contribution >= 4 is 23.3 Å². The van der Waals surface area contributed by atoms with Gasteiger partial charge in [-0.25, -0.2) is 15.0 Å². The van der Waals surface area contributed by atoms with Gasteiger partial charge in [0.1, 0.15) is 23.9 Å². The molecule has 8 heteroatoms. The first-order valence-electron chi connectivity index (χ1n) is 10.3.